The summed E-state index contributed by atoms with van der Waals surface area (Å²) in [6.07, 6.45) is 3.73. The molecule has 0 aromatic carbocycles. The van der Waals surface area contributed by atoms with E-state index in [-0.39, 0.29) is 0 Å². The first-order valence-electron chi connectivity index (χ1n) is 3.18. The van der Waals surface area contributed by atoms with Crippen molar-refractivity contribution in [3.63, 3.8) is 0 Å². The van der Waals surface area contributed by atoms with Gasteiger partial charge in [-0.3, -0.25) is 0 Å². The van der Waals surface area contributed by atoms with Crippen LogP contribution in [0.25, 0.3) is 0 Å². The van der Waals surface area contributed by atoms with Crippen molar-refractivity contribution < 1.29 is 0 Å². The first kappa shape index (κ1) is 8.09. The minimum Gasteiger partial charge on any atom is -0.244 e. The smallest absolute Gasteiger partial charge is 0.140 e. The maximum Gasteiger partial charge on any atom is 0.140 e. The topological polar surface area (TPSA) is 36.7 Å². The van der Waals surface area contributed by atoms with Crippen molar-refractivity contribution in [1.29, 1.82) is 5.26 Å². The Kier molecular flexibility index (Phi) is 2.50. The lowest BCUT2D eigenvalue weighted by Crippen LogP contribution is -1.85. The molecule has 11 heavy (non-hydrogen) atoms. The first-order valence-corrected chi connectivity index (χ1v) is 4.41. The number of aryl methyl sites for hydroxylation is 1. The Labute approximate surface area is 70.3 Å². The molecule has 0 spiro atoms. The molecule has 1 aromatic heterocycles. The van der Waals surface area contributed by atoms with Crippen molar-refractivity contribution in [3.05, 3.63) is 23.5 Å². The molecule has 0 bridgehead atoms. The Morgan fingerprint density at radius 3 is 2.82 bits per heavy atom. The van der Waals surface area contributed by atoms with Crippen LogP contribution in [0.2, 0.25) is 0 Å². The fourth-order valence-electron chi connectivity index (χ4n) is 0.818. The average Bonchev–Trinajstić information content (AvgIpc) is 2.04. The first-order chi connectivity index (χ1) is 5.27. The summed E-state index contributed by atoms with van der Waals surface area (Å²) in [4.78, 5) is 5.08. The third-order valence-electron chi connectivity index (χ3n) is 1.40. The maximum atomic E-state index is 8.51. The van der Waals surface area contributed by atoms with Gasteiger partial charge in [0.2, 0.25) is 0 Å². The Bertz CT molecular complexity index is 301. The van der Waals surface area contributed by atoms with Gasteiger partial charge >= 0.3 is 0 Å². The molecule has 0 N–H and O–H groups in total. The molecule has 0 saturated heterocycles. The minimum atomic E-state index is 0.486. The molecule has 0 fully saturated rings. The Morgan fingerprint density at radius 1 is 1.64 bits per heavy atom. The number of nitriles is 1. The maximum absolute atomic E-state index is 8.51. The fraction of sp³-hybridized carbons (Fsp3) is 0.250. The standard InChI is InChI=1S/C8H8N2S/c1-6-3-7(4-9)10-5-8(6)11-2/h3,5H,1-2H3. The lowest BCUT2D eigenvalue weighted by molar-refractivity contribution is 1.15. The van der Waals surface area contributed by atoms with Crippen molar-refractivity contribution in [2.45, 2.75) is 11.8 Å². The number of rotatable bonds is 1. The van der Waals surface area contributed by atoms with Crippen LogP contribution in [-0.4, -0.2) is 11.2 Å². The molecule has 0 aliphatic carbocycles. The van der Waals surface area contributed by atoms with Gasteiger partial charge in [-0.2, -0.15) is 5.26 Å². The second-order valence-corrected chi connectivity index (χ2v) is 3.00. The van der Waals surface area contributed by atoms with Crippen molar-refractivity contribution >= 4 is 11.8 Å². The average molecular weight is 164 g/mol. The number of aromatic nitrogens is 1. The van der Waals surface area contributed by atoms with Gasteiger partial charge in [-0.1, -0.05) is 0 Å². The number of hydrogen-bond acceptors (Lipinski definition) is 3. The number of pyridine rings is 1. The molecule has 1 rings (SSSR count). The van der Waals surface area contributed by atoms with Crippen LogP contribution < -0.4 is 0 Å². The second-order valence-electron chi connectivity index (χ2n) is 2.15. The summed E-state index contributed by atoms with van der Waals surface area (Å²) in [5.41, 5.74) is 1.60. The zero-order valence-electron chi connectivity index (χ0n) is 6.46. The van der Waals surface area contributed by atoms with Crippen LogP contribution in [0, 0.1) is 18.3 Å². The largest absolute Gasteiger partial charge is 0.244 e. The zero-order chi connectivity index (χ0) is 8.27. The van der Waals surface area contributed by atoms with E-state index in [1.807, 2.05) is 19.2 Å². The van der Waals surface area contributed by atoms with Crippen molar-refractivity contribution in [2.75, 3.05) is 6.26 Å². The predicted molar refractivity (Wildman–Crippen MR) is 45.5 cm³/mol. The highest BCUT2D eigenvalue weighted by Crippen LogP contribution is 2.18. The summed E-state index contributed by atoms with van der Waals surface area (Å²) in [7, 11) is 0. The van der Waals surface area contributed by atoms with Crippen LogP contribution in [0.3, 0.4) is 0 Å². The monoisotopic (exact) mass is 164 g/mol. The van der Waals surface area contributed by atoms with Gasteiger partial charge in [0.05, 0.1) is 0 Å². The zero-order valence-corrected chi connectivity index (χ0v) is 7.27. The summed E-state index contributed by atoms with van der Waals surface area (Å²) >= 11 is 1.64. The fourth-order valence-corrected chi connectivity index (χ4v) is 1.36. The number of hydrogen-bond donors (Lipinski definition) is 0. The Balaban J connectivity index is 3.12. The minimum absolute atomic E-state index is 0.486. The molecule has 1 heterocycles. The second kappa shape index (κ2) is 3.40. The molecule has 0 aliphatic rings. The van der Waals surface area contributed by atoms with Gasteiger partial charge in [0, 0.05) is 11.1 Å². The lowest BCUT2D eigenvalue weighted by Gasteiger charge is -1.99. The molecule has 0 amide bonds. The summed E-state index contributed by atoms with van der Waals surface area (Å²) in [6.45, 7) is 1.98. The summed E-state index contributed by atoms with van der Waals surface area (Å²) in [6, 6.07) is 3.80. The Hall–Kier alpha value is -1.01. The molecule has 0 saturated carbocycles. The lowest BCUT2D eigenvalue weighted by atomic mass is 10.2. The van der Waals surface area contributed by atoms with E-state index in [9.17, 15) is 0 Å². The quantitative estimate of drug-likeness (QED) is 0.595. The SMILES string of the molecule is CSc1cnc(C#N)cc1C. The van der Waals surface area contributed by atoms with Crippen LogP contribution in [0.15, 0.2) is 17.2 Å². The van der Waals surface area contributed by atoms with E-state index in [2.05, 4.69) is 4.98 Å². The third-order valence-corrected chi connectivity index (χ3v) is 2.26. The highest BCUT2D eigenvalue weighted by molar-refractivity contribution is 7.98. The highest BCUT2D eigenvalue weighted by Gasteiger charge is 1.97. The predicted octanol–water partition coefficient (Wildman–Crippen LogP) is 1.98. The van der Waals surface area contributed by atoms with Crippen LogP contribution in [0.5, 0.6) is 0 Å². The summed E-state index contributed by atoms with van der Waals surface area (Å²) in [5, 5.41) is 8.51. The summed E-state index contributed by atoms with van der Waals surface area (Å²) in [5.74, 6) is 0. The van der Waals surface area contributed by atoms with Crippen LogP contribution in [0.4, 0.5) is 0 Å². The van der Waals surface area contributed by atoms with Gasteiger partial charge in [-0.05, 0) is 24.8 Å². The van der Waals surface area contributed by atoms with E-state index in [0.29, 0.717) is 5.69 Å². The molecule has 2 nitrogen and oxygen atoms in total. The van der Waals surface area contributed by atoms with E-state index in [1.54, 1.807) is 24.0 Å². The molecule has 0 atom stereocenters. The van der Waals surface area contributed by atoms with Gasteiger partial charge in [0.25, 0.3) is 0 Å². The normalized spacial score (nSPS) is 9.18. The molecule has 0 aliphatic heterocycles. The van der Waals surface area contributed by atoms with E-state index < -0.39 is 0 Å². The number of nitrogens with zero attached hydrogens (tertiary/aromatic N) is 2. The van der Waals surface area contributed by atoms with E-state index in [0.717, 1.165) is 10.5 Å². The van der Waals surface area contributed by atoms with Crippen LogP contribution >= 0.6 is 11.8 Å². The molecule has 0 unspecified atom stereocenters. The van der Waals surface area contributed by atoms with Crippen molar-refractivity contribution in [2.24, 2.45) is 0 Å². The molecule has 0 radical (unpaired) electrons. The Morgan fingerprint density at radius 2 is 2.36 bits per heavy atom. The van der Waals surface area contributed by atoms with Gasteiger partial charge in [-0.25, -0.2) is 4.98 Å². The highest BCUT2D eigenvalue weighted by atomic mass is 32.2. The van der Waals surface area contributed by atoms with Gasteiger partial charge in [-0.15, -0.1) is 11.8 Å². The molecular formula is C8H8N2S. The van der Waals surface area contributed by atoms with E-state index in [1.165, 1.54) is 0 Å². The van der Waals surface area contributed by atoms with Crippen LogP contribution in [-0.2, 0) is 0 Å². The third kappa shape index (κ3) is 1.72. The van der Waals surface area contributed by atoms with Crippen molar-refractivity contribution in [1.82, 2.24) is 4.98 Å². The van der Waals surface area contributed by atoms with Gasteiger partial charge < -0.3 is 0 Å². The molecule has 1 aromatic rings. The summed E-state index contributed by atoms with van der Waals surface area (Å²) < 4.78 is 0. The molecular weight excluding hydrogens is 156 g/mol. The molecule has 3 heteroatoms. The van der Waals surface area contributed by atoms with Crippen LogP contribution in [0.1, 0.15) is 11.3 Å². The van der Waals surface area contributed by atoms with E-state index >= 15 is 0 Å². The van der Waals surface area contributed by atoms with E-state index in [4.69, 9.17) is 5.26 Å². The van der Waals surface area contributed by atoms with Crippen molar-refractivity contribution in [3.8, 4) is 6.07 Å². The molecule has 56 valence electrons. The number of thioether (sulfide) groups is 1. The van der Waals surface area contributed by atoms with Gasteiger partial charge in [0.15, 0.2) is 0 Å². The van der Waals surface area contributed by atoms with Gasteiger partial charge in [0.1, 0.15) is 11.8 Å².